The van der Waals surface area contributed by atoms with Crippen LogP contribution in [0.15, 0.2) is 18.2 Å². The Labute approximate surface area is 121 Å². The van der Waals surface area contributed by atoms with Gasteiger partial charge in [0.2, 0.25) is 0 Å². The standard InChI is InChI=1S/C13H16ClN5O/c1-13(3-2-4-20-8-13)19-12(16-17-18-19)9-5-10(14)7-11(15)6-9/h5-7H,2-4,8,15H2,1H3. The van der Waals surface area contributed by atoms with E-state index >= 15 is 0 Å². The van der Waals surface area contributed by atoms with Crippen molar-refractivity contribution in [2.75, 3.05) is 18.9 Å². The van der Waals surface area contributed by atoms with Crippen molar-refractivity contribution in [2.24, 2.45) is 0 Å². The molecule has 0 bridgehead atoms. The Kier molecular flexibility index (Phi) is 3.35. The molecule has 0 aliphatic carbocycles. The lowest BCUT2D eigenvalue weighted by Gasteiger charge is -2.33. The topological polar surface area (TPSA) is 78.9 Å². The second-order valence-corrected chi connectivity index (χ2v) is 5.78. The fourth-order valence-corrected chi connectivity index (χ4v) is 2.80. The van der Waals surface area contributed by atoms with Gasteiger partial charge in [0.15, 0.2) is 5.82 Å². The van der Waals surface area contributed by atoms with E-state index in [4.69, 9.17) is 22.1 Å². The number of benzene rings is 1. The van der Waals surface area contributed by atoms with Crippen molar-refractivity contribution < 1.29 is 4.74 Å². The first-order chi connectivity index (χ1) is 9.58. The second kappa shape index (κ2) is 5.03. The number of nitrogen functional groups attached to an aromatic ring is 1. The maximum atomic E-state index is 6.06. The van der Waals surface area contributed by atoms with E-state index in [1.807, 2.05) is 16.8 Å². The van der Waals surface area contributed by atoms with Crippen molar-refractivity contribution in [3.8, 4) is 11.4 Å². The molecule has 1 aromatic heterocycles. The van der Waals surface area contributed by atoms with E-state index < -0.39 is 0 Å². The molecular formula is C13H16ClN5O. The van der Waals surface area contributed by atoms with Gasteiger partial charge in [0.05, 0.1) is 12.1 Å². The van der Waals surface area contributed by atoms with Crippen molar-refractivity contribution in [1.82, 2.24) is 20.2 Å². The third kappa shape index (κ3) is 2.36. The van der Waals surface area contributed by atoms with Crippen molar-refractivity contribution in [3.05, 3.63) is 23.2 Å². The van der Waals surface area contributed by atoms with Gasteiger partial charge in [-0.25, -0.2) is 4.68 Å². The summed E-state index contributed by atoms with van der Waals surface area (Å²) >= 11 is 6.06. The minimum Gasteiger partial charge on any atom is -0.399 e. The molecule has 0 saturated carbocycles. The Morgan fingerprint density at radius 2 is 2.25 bits per heavy atom. The molecule has 1 unspecified atom stereocenters. The molecule has 2 heterocycles. The molecule has 0 radical (unpaired) electrons. The summed E-state index contributed by atoms with van der Waals surface area (Å²) < 4.78 is 7.40. The quantitative estimate of drug-likeness (QED) is 0.858. The van der Waals surface area contributed by atoms with Crippen LogP contribution in [-0.2, 0) is 10.3 Å². The molecule has 6 nitrogen and oxygen atoms in total. The molecule has 106 valence electrons. The molecule has 1 aliphatic heterocycles. The number of nitrogens with zero attached hydrogens (tertiary/aromatic N) is 4. The highest BCUT2D eigenvalue weighted by molar-refractivity contribution is 6.31. The molecule has 3 rings (SSSR count). The molecule has 2 N–H and O–H groups in total. The normalized spacial score (nSPS) is 22.9. The van der Waals surface area contributed by atoms with Gasteiger partial charge < -0.3 is 10.5 Å². The minimum absolute atomic E-state index is 0.242. The molecule has 1 saturated heterocycles. The van der Waals surface area contributed by atoms with Gasteiger partial charge in [-0.2, -0.15) is 0 Å². The Balaban J connectivity index is 2.05. The lowest BCUT2D eigenvalue weighted by Crippen LogP contribution is -2.40. The van der Waals surface area contributed by atoms with Crippen molar-refractivity contribution in [1.29, 1.82) is 0 Å². The molecule has 0 spiro atoms. The first-order valence-corrected chi connectivity index (χ1v) is 6.89. The monoisotopic (exact) mass is 293 g/mol. The molecule has 0 amide bonds. The van der Waals surface area contributed by atoms with Crippen LogP contribution in [0.3, 0.4) is 0 Å². The van der Waals surface area contributed by atoms with Crippen molar-refractivity contribution >= 4 is 17.3 Å². The van der Waals surface area contributed by atoms with Gasteiger partial charge in [0, 0.05) is 22.9 Å². The summed E-state index contributed by atoms with van der Waals surface area (Å²) in [6, 6.07) is 5.33. The molecule has 7 heteroatoms. The molecule has 2 aromatic rings. The van der Waals surface area contributed by atoms with Crippen LogP contribution in [0.2, 0.25) is 5.02 Å². The number of tetrazole rings is 1. The van der Waals surface area contributed by atoms with E-state index in [1.54, 1.807) is 6.07 Å². The zero-order valence-corrected chi connectivity index (χ0v) is 12.0. The highest BCUT2D eigenvalue weighted by Gasteiger charge is 2.33. The fourth-order valence-electron chi connectivity index (χ4n) is 2.56. The maximum Gasteiger partial charge on any atom is 0.182 e. The summed E-state index contributed by atoms with van der Waals surface area (Å²) in [5.41, 5.74) is 7.00. The van der Waals surface area contributed by atoms with Gasteiger partial charge in [-0.1, -0.05) is 11.6 Å². The van der Waals surface area contributed by atoms with Crippen LogP contribution < -0.4 is 5.73 Å². The lowest BCUT2D eigenvalue weighted by atomic mass is 9.94. The lowest BCUT2D eigenvalue weighted by molar-refractivity contribution is 0.00348. The molecule has 1 fully saturated rings. The van der Waals surface area contributed by atoms with Crippen LogP contribution in [0.4, 0.5) is 5.69 Å². The first-order valence-electron chi connectivity index (χ1n) is 6.51. The predicted molar refractivity (Wildman–Crippen MR) is 76.4 cm³/mol. The van der Waals surface area contributed by atoms with Gasteiger partial charge >= 0.3 is 0 Å². The van der Waals surface area contributed by atoms with E-state index in [2.05, 4.69) is 22.4 Å². The van der Waals surface area contributed by atoms with Crippen LogP contribution in [-0.4, -0.2) is 33.4 Å². The number of rotatable bonds is 2. The summed E-state index contributed by atoms with van der Waals surface area (Å²) in [7, 11) is 0. The van der Waals surface area contributed by atoms with Crippen molar-refractivity contribution in [3.63, 3.8) is 0 Å². The van der Waals surface area contributed by atoms with E-state index in [9.17, 15) is 0 Å². The van der Waals surface area contributed by atoms with Gasteiger partial charge in [-0.15, -0.1) is 5.10 Å². The van der Waals surface area contributed by atoms with Crippen molar-refractivity contribution in [2.45, 2.75) is 25.3 Å². The highest BCUT2D eigenvalue weighted by Crippen LogP contribution is 2.31. The van der Waals surface area contributed by atoms with E-state index in [0.29, 0.717) is 23.1 Å². The van der Waals surface area contributed by atoms with Gasteiger partial charge in [0.1, 0.15) is 0 Å². The summed E-state index contributed by atoms with van der Waals surface area (Å²) in [6.07, 6.45) is 1.97. The first kappa shape index (κ1) is 13.3. The van der Waals surface area contributed by atoms with Crippen LogP contribution in [0.25, 0.3) is 11.4 Å². The molecule has 20 heavy (non-hydrogen) atoms. The third-order valence-electron chi connectivity index (χ3n) is 3.58. The van der Waals surface area contributed by atoms with Crippen LogP contribution in [0.1, 0.15) is 19.8 Å². The highest BCUT2D eigenvalue weighted by atomic mass is 35.5. The Hall–Kier alpha value is -1.66. The Bertz CT molecular complexity index is 601. The summed E-state index contributed by atoms with van der Waals surface area (Å²) in [5.74, 6) is 0.659. The number of nitrogens with two attached hydrogens (primary N) is 1. The smallest absolute Gasteiger partial charge is 0.182 e. The largest absolute Gasteiger partial charge is 0.399 e. The molecule has 1 aliphatic rings. The number of hydrogen-bond acceptors (Lipinski definition) is 5. The van der Waals surface area contributed by atoms with Gasteiger partial charge in [-0.05, 0) is 48.4 Å². The van der Waals surface area contributed by atoms with Gasteiger partial charge in [-0.3, -0.25) is 0 Å². The Morgan fingerprint density at radius 1 is 1.40 bits per heavy atom. The second-order valence-electron chi connectivity index (χ2n) is 5.34. The molecular weight excluding hydrogens is 278 g/mol. The summed E-state index contributed by atoms with van der Waals surface area (Å²) in [4.78, 5) is 0. The number of anilines is 1. The molecule has 1 atom stereocenters. The maximum absolute atomic E-state index is 6.06. The zero-order chi connectivity index (χ0) is 14.2. The minimum atomic E-state index is -0.242. The molecule has 1 aromatic carbocycles. The number of halogens is 1. The zero-order valence-electron chi connectivity index (χ0n) is 11.2. The fraction of sp³-hybridized carbons (Fsp3) is 0.462. The third-order valence-corrected chi connectivity index (χ3v) is 3.79. The van der Waals surface area contributed by atoms with Gasteiger partial charge in [0.25, 0.3) is 0 Å². The summed E-state index contributed by atoms with van der Waals surface area (Å²) in [6.45, 7) is 3.48. The van der Waals surface area contributed by atoms with Crippen LogP contribution in [0.5, 0.6) is 0 Å². The van der Waals surface area contributed by atoms with E-state index in [1.165, 1.54) is 0 Å². The summed E-state index contributed by atoms with van der Waals surface area (Å²) in [5, 5.41) is 12.6. The number of hydrogen-bond donors (Lipinski definition) is 1. The van der Waals surface area contributed by atoms with Crippen LogP contribution in [0, 0.1) is 0 Å². The number of ether oxygens (including phenoxy) is 1. The number of aromatic nitrogens is 4. The predicted octanol–water partition coefficient (Wildman–Crippen LogP) is 2.10. The Morgan fingerprint density at radius 3 is 2.95 bits per heavy atom. The van der Waals surface area contributed by atoms with E-state index in [-0.39, 0.29) is 5.54 Å². The average molecular weight is 294 g/mol. The SMILES string of the molecule is CC1(n2nnnc2-c2cc(N)cc(Cl)c2)CCCOC1. The van der Waals surface area contributed by atoms with E-state index in [0.717, 1.165) is 25.0 Å². The van der Waals surface area contributed by atoms with Crippen LogP contribution >= 0.6 is 11.6 Å². The average Bonchev–Trinajstić information content (AvgIpc) is 2.88.